The highest BCUT2D eigenvalue weighted by molar-refractivity contribution is 6.05. The molecule has 1 aromatic carbocycles. The summed E-state index contributed by atoms with van der Waals surface area (Å²) in [5.41, 5.74) is 2.05. The lowest BCUT2D eigenvalue weighted by atomic mass is 10.00. The molecule has 3 N–H and O–H groups in total. The number of carbonyl (C=O) groups excluding carboxylic acids is 2. The molecule has 1 saturated heterocycles. The van der Waals surface area contributed by atoms with Crippen LogP contribution in [-0.4, -0.2) is 50.0 Å². The minimum Gasteiger partial charge on any atom is -0.371 e. The lowest BCUT2D eigenvalue weighted by molar-refractivity contribution is -0.0138. The van der Waals surface area contributed by atoms with Crippen LogP contribution < -0.4 is 16.0 Å². The van der Waals surface area contributed by atoms with E-state index in [-0.39, 0.29) is 39.8 Å². The molecule has 4 aromatic rings. The third-order valence-electron chi connectivity index (χ3n) is 7.21. The van der Waals surface area contributed by atoms with Crippen LogP contribution >= 0.6 is 0 Å². The zero-order valence-electron chi connectivity index (χ0n) is 24.6. The van der Waals surface area contributed by atoms with E-state index >= 15 is 4.39 Å². The van der Waals surface area contributed by atoms with Gasteiger partial charge in [0.15, 0.2) is 5.82 Å². The summed E-state index contributed by atoms with van der Waals surface area (Å²) in [7, 11) is 0. The number of aromatic nitrogens is 3. The smallest absolute Gasteiger partial charge is 0.274 e. The average Bonchev–Trinajstić information content (AvgIpc) is 3.54. The van der Waals surface area contributed by atoms with Crippen LogP contribution in [0.2, 0.25) is 0 Å². The van der Waals surface area contributed by atoms with Gasteiger partial charge in [0.05, 0.1) is 23.6 Å². The van der Waals surface area contributed by atoms with Crippen LogP contribution in [0.15, 0.2) is 61.2 Å². The van der Waals surface area contributed by atoms with Crippen LogP contribution in [0.3, 0.4) is 0 Å². The van der Waals surface area contributed by atoms with Gasteiger partial charge >= 0.3 is 0 Å². The Morgan fingerprint density at radius 2 is 1.93 bits per heavy atom. The van der Waals surface area contributed by atoms with Crippen molar-refractivity contribution in [3.63, 3.8) is 0 Å². The van der Waals surface area contributed by atoms with Crippen molar-refractivity contribution >= 4 is 23.1 Å². The highest BCUT2D eigenvalue weighted by atomic mass is 19.1. The molecule has 1 aliphatic heterocycles. The van der Waals surface area contributed by atoms with Crippen LogP contribution in [0.5, 0.6) is 0 Å². The zero-order chi connectivity index (χ0) is 30.1. The first kappa shape index (κ1) is 29.3. The predicted molar refractivity (Wildman–Crippen MR) is 160 cm³/mol. The number of ether oxygens (including phenoxy) is 1. The molecule has 0 bridgehead atoms. The lowest BCUT2D eigenvalue weighted by Crippen LogP contribution is -2.35. The Morgan fingerprint density at radius 3 is 2.67 bits per heavy atom. The van der Waals surface area contributed by atoms with Gasteiger partial charge in [0.2, 0.25) is 0 Å². The summed E-state index contributed by atoms with van der Waals surface area (Å²) >= 11 is 0. The maximum atomic E-state index is 16.1. The van der Waals surface area contributed by atoms with E-state index in [1.54, 1.807) is 35.1 Å². The number of benzene rings is 1. The summed E-state index contributed by atoms with van der Waals surface area (Å²) in [5, 5.41) is 8.99. The van der Waals surface area contributed by atoms with Gasteiger partial charge in [-0.25, -0.2) is 9.37 Å². The zero-order valence-corrected chi connectivity index (χ0v) is 24.6. The summed E-state index contributed by atoms with van der Waals surface area (Å²) < 4.78 is 23.7. The number of amides is 2. The first-order valence-corrected chi connectivity index (χ1v) is 14.1. The van der Waals surface area contributed by atoms with Crippen molar-refractivity contribution in [3.8, 4) is 11.1 Å². The minimum absolute atomic E-state index is 0.102. The molecule has 42 heavy (non-hydrogen) atoms. The maximum absolute atomic E-state index is 16.1. The predicted octanol–water partition coefficient (Wildman–Crippen LogP) is 5.36. The molecule has 3 aromatic heterocycles. The van der Waals surface area contributed by atoms with Crippen molar-refractivity contribution < 1.29 is 18.7 Å². The van der Waals surface area contributed by atoms with Crippen LogP contribution in [0.1, 0.15) is 73.9 Å². The van der Waals surface area contributed by atoms with E-state index in [1.165, 1.54) is 18.3 Å². The fourth-order valence-corrected chi connectivity index (χ4v) is 4.97. The SMILES string of the molecule is CC(C)(C)NCc1cncc(-c2cc(C(=O)NC[C@H]3CCC(C)(C)O3)cc(NC(=O)c3cnc4ccccn34)c2F)c1. The third kappa shape index (κ3) is 6.83. The molecule has 10 heteroatoms. The number of pyridine rings is 2. The van der Waals surface area contributed by atoms with Gasteiger partial charge in [-0.05, 0) is 83.4 Å². The normalized spacial score (nSPS) is 16.5. The summed E-state index contributed by atoms with van der Waals surface area (Å²) in [4.78, 5) is 35.2. The van der Waals surface area contributed by atoms with Crippen molar-refractivity contribution in [3.05, 3.63) is 83.8 Å². The molecule has 5 rings (SSSR count). The van der Waals surface area contributed by atoms with E-state index in [9.17, 15) is 9.59 Å². The molecule has 220 valence electrons. The molecule has 0 spiro atoms. The van der Waals surface area contributed by atoms with Crippen LogP contribution in [0.4, 0.5) is 10.1 Å². The number of hydrogen-bond acceptors (Lipinski definition) is 6. The van der Waals surface area contributed by atoms with Crippen molar-refractivity contribution in [2.45, 2.75) is 71.2 Å². The monoisotopic (exact) mass is 572 g/mol. The number of carbonyl (C=O) groups is 2. The lowest BCUT2D eigenvalue weighted by Gasteiger charge is -2.20. The third-order valence-corrected chi connectivity index (χ3v) is 7.21. The molecule has 2 amide bonds. The van der Waals surface area contributed by atoms with Crippen molar-refractivity contribution in [2.24, 2.45) is 0 Å². The van der Waals surface area contributed by atoms with Gasteiger partial charge < -0.3 is 20.7 Å². The van der Waals surface area contributed by atoms with Crippen molar-refractivity contribution in [1.82, 2.24) is 25.0 Å². The molecule has 1 fully saturated rings. The number of nitrogens with zero attached hydrogens (tertiary/aromatic N) is 3. The van der Waals surface area contributed by atoms with E-state index in [0.717, 1.165) is 18.4 Å². The minimum atomic E-state index is -0.669. The molecular formula is C32H37FN6O3. The Bertz CT molecular complexity index is 1620. The highest BCUT2D eigenvalue weighted by Crippen LogP contribution is 2.31. The highest BCUT2D eigenvalue weighted by Gasteiger charge is 2.32. The average molecular weight is 573 g/mol. The summed E-state index contributed by atoms with van der Waals surface area (Å²) in [5.74, 6) is -1.62. The number of imidazole rings is 1. The number of anilines is 1. The molecule has 1 atom stereocenters. The van der Waals surface area contributed by atoms with Gasteiger partial charge in [0.1, 0.15) is 11.3 Å². The van der Waals surface area contributed by atoms with Crippen molar-refractivity contribution in [2.75, 3.05) is 11.9 Å². The second-order valence-electron chi connectivity index (χ2n) is 12.3. The Kier molecular flexibility index (Phi) is 8.12. The van der Waals surface area contributed by atoms with E-state index < -0.39 is 17.6 Å². The second-order valence-corrected chi connectivity index (χ2v) is 12.3. The molecule has 0 radical (unpaired) electrons. The van der Waals surface area contributed by atoms with Gasteiger partial charge in [-0.15, -0.1) is 0 Å². The van der Waals surface area contributed by atoms with E-state index in [0.29, 0.717) is 24.3 Å². The van der Waals surface area contributed by atoms with Crippen LogP contribution in [0.25, 0.3) is 16.8 Å². The second kappa shape index (κ2) is 11.6. The van der Waals surface area contributed by atoms with Gasteiger partial charge in [-0.2, -0.15) is 0 Å². The van der Waals surface area contributed by atoms with Gasteiger partial charge in [-0.1, -0.05) is 6.07 Å². The van der Waals surface area contributed by atoms with Crippen LogP contribution in [0, 0.1) is 5.82 Å². The van der Waals surface area contributed by atoms with E-state index in [4.69, 9.17) is 4.74 Å². The molecule has 4 heterocycles. The van der Waals surface area contributed by atoms with Crippen molar-refractivity contribution in [1.29, 1.82) is 0 Å². The maximum Gasteiger partial charge on any atom is 0.274 e. The Hall–Kier alpha value is -4.15. The molecule has 1 aliphatic rings. The summed E-state index contributed by atoms with van der Waals surface area (Å²) in [6.45, 7) is 11.1. The van der Waals surface area contributed by atoms with E-state index in [1.807, 2.05) is 26.0 Å². The van der Waals surface area contributed by atoms with Crippen LogP contribution in [-0.2, 0) is 11.3 Å². The number of halogens is 1. The Labute approximate surface area is 244 Å². The first-order valence-electron chi connectivity index (χ1n) is 14.1. The molecule has 0 aliphatic carbocycles. The van der Waals surface area contributed by atoms with Gasteiger partial charge in [-0.3, -0.25) is 19.0 Å². The summed E-state index contributed by atoms with van der Waals surface area (Å²) in [6, 6.07) is 10.0. The fraction of sp³-hybridized carbons (Fsp3) is 0.375. The Balaban J connectivity index is 1.47. The number of rotatable bonds is 8. The summed E-state index contributed by atoms with van der Waals surface area (Å²) in [6.07, 6.45) is 8.04. The first-order chi connectivity index (χ1) is 19.9. The topological polar surface area (TPSA) is 110 Å². The quantitative estimate of drug-likeness (QED) is 0.262. The number of hydrogen-bond donors (Lipinski definition) is 3. The Morgan fingerprint density at radius 1 is 1.12 bits per heavy atom. The van der Waals surface area contributed by atoms with Gasteiger partial charge in [0.25, 0.3) is 11.8 Å². The molecule has 0 unspecified atom stereocenters. The number of fused-ring (bicyclic) bond motifs is 1. The molecule has 9 nitrogen and oxygen atoms in total. The molecular weight excluding hydrogens is 535 g/mol. The largest absolute Gasteiger partial charge is 0.371 e. The van der Waals surface area contributed by atoms with E-state index in [2.05, 4.69) is 46.7 Å². The molecule has 0 saturated carbocycles. The fourth-order valence-electron chi connectivity index (χ4n) is 4.97. The number of nitrogens with one attached hydrogen (secondary N) is 3. The van der Waals surface area contributed by atoms with Gasteiger partial charge in [0, 0.05) is 53.9 Å². The standard InChI is InChI=1S/C32H37FN6O3/c1-31(2,3)37-16-20-12-22(17-34-15-20)24-13-21(29(40)36-18-23-9-10-32(4,5)42-23)14-25(28(24)33)38-30(41)26-19-35-27-8-6-7-11-39(26)27/h6-8,11-15,17,19,23,37H,9-10,16,18H2,1-5H3,(H,36,40)(H,38,41)/t23-/m1/s1.